The van der Waals surface area contributed by atoms with E-state index in [1.807, 2.05) is 18.2 Å². The maximum absolute atomic E-state index is 13.8. The van der Waals surface area contributed by atoms with Crippen LogP contribution in [0.2, 0.25) is 0 Å². The van der Waals surface area contributed by atoms with Crippen LogP contribution in [0.3, 0.4) is 0 Å². The van der Waals surface area contributed by atoms with Gasteiger partial charge in [-0.25, -0.2) is 4.39 Å². The lowest BCUT2D eigenvalue weighted by Gasteiger charge is -2.30. The number of rotatable bonds is 7. The topological polar surface area (TPSA) is 64.8 Å². The third-order valence-corrected chi connectivity index (χ3v) is 5.08. The van der Waals surface area contributed by atoms with Crippen molar-refractivity contribution in [1.29, 1.82) is 0 Å². The predicted molar refractivity (Wildman–Crippen MR) is 106 cm³/mol. The molecule has 0 aromatic heterocycles. The molecule has 1 aliphatic heterocycles. The molecular weight excluding hydrogens is 359 g/mol. The highest BCUT2D eigenvalue weighted by atomic mass is 19.1. The summed E-state index contributed by atoms with van der Waals surface area (Å²) in [5.74, 6) is 0.325. The van der Waals surface area contributed by atoms with Gasteiger partial charge in [0.15, 0.2) is 18.1 Å². The number of primary amides is 1. The minimum absolute atomic E-state index is 0.190. The monoisotopic (exact) mass is 386 g/mol. The molecule has 0 radical (unpaired) electrons. The molecule has 0 aliphatic carbocycles. The van der Waals surface area contributed by atoms with Crippen LogP contribution in [0.1, 0.15) is 42.9 Å². The molecule has 3 rings (SSSR count). The highest BCUT2D eigenvalue weighted by molar-refractivity contribution is 5.75. The number of carbonyl (C=O) groups excluding carboxylic acids is 1. The van der Waals surface area contributed by atoms with E-state index >= 15 is 0 Å². The summed E-state index contributed by atoms with van der Waals surface area (Å²) in [5, 5.41) is 0. The fourth-order valence-corrected chi connectivity index (χ4v) is 3.76. The number of methoxy groups -OCH3 is 1. The molecule has 2 N–H and O–H groups in total. The lowest BCUT2D eigenvalue weighted by Crippen LogP contribution is -2.28. The summed E-state index contributed by atoms with van der Waals surface area (Å²) in [5.41, 5.74) is 7.24. The normalized spacial score (nSPS) is 17.7. The van der Waals surface area contributed by atoms with E-state index in [1.54, 1.807) is 25.3 Å². The van der Waals surface area contributed by atoms with Gasteiger partial charge in [-0.05, 0) is 54.8 Å². The van der Waals surface area contributed by atoms with Crippen LogP contribution in [0.5, 0.6) is 11.5 Å². The van der Waals surface area contributed by atoms with E-state index in [4.69, 9.17) is 15.2 Å². The first-order valence-electron chi connectivity index (χ1n) is 9.64. The molecule has 28 heavy (non-hydrogen) atoms. The van der Waals surface area contributed by atoms with E-state index in [9.17, 15) is 9.18 Å². The number of nitrogens with two attached hydrogens (primary N) is 1. The Morgan fingerprint density at radius 2 is 2.04 bits per heavy atom. The van der Waals surface area contributed by atoms with Crippen molar-refractivity contribution >= 4 is 5.91 Å². The summed E-state index contributed by atoms with van der Waals surface area (Å²) in [7, 11) is 1.57. The fraction of sp³-hybridized carbons (Fsp3) is 0.409. The molecule has 0 bridgehead atoms. The number of hydrogen-bond donors (Lipinski definition) is 1. The second kappa shape index (κ2) is 9.55. The smallest absolute Gasteiger partial charge is 0.255 e. The minimum atomic E-state index is -0.534. The number of hydrogen-bond acceptors (Lipinski definition) is 4. The van der Waals surface area contributed by atoms with E-state index in [-0.39, 0.29) is 18.5 Å². The quantitative estimate of drug-likeness (QED) is 0.786. The first-order chi connectivity index (χ1) is 13.6. The number of amides is 1. The molecule has 1 saturated heterocycles. The number of ether oxygens (including phenoxy) is 2. The molecule has 150 valence electrons. The standard InChI is InChI=1S/C22H27FN2O3/c1-27-21-12-16(9-10-20(21)28-15-22(24)26)14-25-11-4-2-3-8-19(25)17-6-5-7-18(23)13-17/h5-7,9-10,12-13,19H,2-4,8,11,14-15H2,1H3,(H2,24,26). The number of carbonyl (C=O) groups is 1. The van der Waals surface area contributed by atoms with Crippen LogP contribution in [-0.4, -0.2) is 31.1 Å². The van der Waals surface area contributed by atoms with Crippen molar-refractivity contribution in [3.63, 3.8) is 0 Å². The number of nitrogens with zero attached hydrogens (tertiary/aromatic N) is 1. The zero-order valence-corrected chi connectivity index (χ0v) is 16.2. The second-order valence-corrected chi connectivity index (χ2v) is 7.13. The van der Waals surface area contributed by atoms with Gasteiger partial charge in [0.2, 0.25) is 0 Å². The Morgan fingerprint density at radius 3 is 2.79 bits per heavy atom. The molecule has 6 heteroatoms. The Balaban J connectivity index is 1.80. The van der Waals surface area contributed by atoms with E-state index < -0.39 is 5.91 Å². The lowest BCUT2D eigenvalue weighted by molar-refractivity contribution is -0.119. The van der Waals surface area contributed by atoms with Crippen LogP contribution >= 0.6 is 0 Å². The van der Waals surface area contributed by atoms with Gasteiger partial charge < -0.3 is 15.2 Å². The summed E-state index contributed by atoms with van der Waals surface area (Å²) < 4.78 is 24.6. The molecule has 1 amide bonds. The van der Waals surface area contributed by atoms with Crippen molar-refractivity contribution < 1.29 is 18.7 Å². The highest BCUT2D eigenvalue weighted by Gasteiger charge is 2.23. The zero-order chi connectivity index (χ0) is 19.9. The van der Waals surface area contributed by atoms with Gasteiger partial charge in [0.05, 0.1) is 7.11 Å². The summed E-state index contributed by atoms with van der Waals surface area (Å²) in [6, 6.07) is 12.8. The zero-order valence-electron chi connectivity index (χ0n) is 16.2. The van der Waals surface area contributed by atoms with Crippen LogP contribution in [0, 0.1) is 5.82 Å². The van der Waals surface area contributed by atoms with Crippen molar-refractivity contribution in [3.05, 3.63) is 59.4 Å². The van der Waals surface area contributed by atoms with Crippen LogP contribution in [0.4, 0.5) is 4.39 Å². The SMILES string of the molecule is COc1cc(CN2CCCCCC2c2cccc(F)c2)ccc1OCC(N)=O. The Kier molecular flexibility index (Phi) is 6.87. The minimum Gasteiger partial charge on any atom is -0.493 e. The van der Waals surface area contributed by atoms with E-state index in [0.717, 1.165) is 43.5 Å². The van der Waals surface area contributed by atoms with Gasteiger partial charge in [0.25, 0.3) is 5.91 Å². The molecular formula is C22H27FN2O3. The Morgan fingerprint density at radius 1 is 1.18 bits per heavy atom. The van der Waals surface area contributed by atoms with Crippen LogP contribution < -0.4 is 15.2 Å². The Hall–Kier alpha value is -2.60. The fourth-order valence-electron chi connectivity index (χ4n) is 3.76. The van der Waals surface area contributed by atoms with Gasteiger partial charge in [0, 0.05) is 12.6 Å². The van der Waals surface area contributed by atoms with Gasteiger partial charge in [-0.15, -0.1) is 0 Å². The molecule has 5 nitrogen and oxygen atoms in total. The average molecular weight is 386 g/mol. The number of benzene rings is 2. The van der Waals surface area contributed by atoms with Crippen molar-refractivity contribution in [2.45, 2.75) is 38.3 Å². The summed E-state index contributed by atoms with van der Waals surface area (Å²) in [6.07, 6.45) is 4.47. The first kappa shape index (κ1) is 20.1. The van der Waals surface area contributed by atoms with Crippen molar-refractivity contribution in [2.24, 2.45) is 5.73 Å². The molecule has 1 fully saturated rings. The van der Waals surface area contributed by atoms with Crippen LogP contribution in [-0.2, 0) is 11.3 Å². The van der Waals surface area contributed by atoms with Crippen LogP contribution in [0.15, 0.2) is 42.5 Å². The molecule has 2 aromatic rings. The number of likely N-dealkylation sites (tertiary alicyclic amines) is 1. The molecule has 2 aromatic carbocycles. The molecule has 1 unspecified atom stereocenters. The Bertz CT molecular complexity index is 812. The highest BCUT2D eigenvalue weighted by Crippen LogP contribution is 2.34. The van der Waals surface area contributed by atoms with Gasteiger partial charge in [-0.1, -0.05) is 31.0 Å². The van der Waals surface area contributed by atoms with Crippen molar-refractivity contribution in [2.75, 3.05) is 20.3 Å². The van der Waals surface area contributed by atoms with E-state index in [2.05, 4.69) is 4.90 Å². The van der Waals surface area contributed by atoms with Gasteiger partial charge >= 0.3 is 0 Å². The molecule has 1 aliphatic rings. The van der Waals surface area contributed by atoms with Gasteiger partial charge in [-0.3, -0.25) is 9.69 Å². The molecule has 1 heterocycles. The van der Waals surface area contributed by atoms with Crippen molar-refractivity contribution in [1.82, 2.24) is 4.90 Å². The third kappa shape index (κ3) is 5.23. The molecule has 1 atom stereocenters. The third-order valence-electron chi connectivity index (χ3n) is 5.08. The molecule has 0 saturated carbocycles. The van der Waals surface area contributed by atoms with E-state index in [1.165, 1.54) is 12.5 Å². The average Bonchev–Trinajstić information content (AvgIpc) is 2.92. The Labute approximate surface area is 165 Å². The number of halogens is 1. The van der Waals surface area contributed by atoms with E-state index in [0.29, 0.717) is 11.5 Å². The van der Waals surface area contributed by atoms with Crippen LogP contribution in [0.25, 0.3) is 0 Å². The lowest BCUT2D eigenvalue weighted by atomic mass is 10.00. The van der Waals surface area contributed by atoms with Crippen molar-refractivity contribution in [3.8, 4) is 11.5 Å². The maximum atomic E-state index is 13.8. The molecule has 0 spiro atoms. The second-order valence-electron chi connectivity index (χ2n) is 7.13. The summed E-state index contributed by atoms with van der Waals surface area (Å²) in [6.45, 7) is 1.50. The largest absolute Gasteiger partial charge is 0.493 e. The maximum Gasteiger partial charge on any atom is 0.255 e. The predicted octanol–water partition coefficient (Wildman–Crippen LogP) is 3.82. The van der Waals surface area contributed by atoms with Gasteiger partial charge in [0.1, 0.15) is 5.82 Å². The first-order valence-corrected chi connectivity index (χ1v) is 9.64. The summed E-state index contributed by atoms with van der Waals surface area (Å²) in [4.78, 5) is 13.4. The summed E-state index contributed by atoms with van der Waals surface area (Å²) >= 11 is 0. The van der Waals surface area contributed by atoms with Gasteiger partial charge in [-0.2, -0.15) is 0 Å².